The monoisotopic (exact) mass is 376 g/mol. The normalized spacial score (nSPS) is 12.2. The number of carbonyl (C=O) groups is 1. The smallest absolute Gasteiger partial charge is 0.319 e. The van der Waals surface area contributed by atoms with Crippen LogP contribution in [0.5, 0.6) is 0 Å². The van der Waals surface area contributed by atoms with Gasteiger partial charge in [0.15, 0.2) is 0 Å². The first-order valence-electron chi connectivity index (χ1n) is 10.3. The van der Waals surface area contributed by atoms with E-state index in [0.29, 0.717) is 6.54 Å². The predicted octanol–water partition coefficient (Wildman–Crippen LogP) is 6.26. The van der Waals surface area contributed by atoms with Crippen molar-refractivity contribution in [2.45, 2.75) is 80.7 Å². The summed E-state index contributed by atoms with van der Waals surface area (Å²) in [5.74, 6) is 0. The Kier molecular flexibility index (Phi) is 18.7. The molecule has 1 unspecified atom stereocenters. The van der Waals surface area contributed by atoms with E-state index in [9.17, 15) is 4.79 Å². The van der Waals surface area contributed by atoms with Gasteiger partial charge in [0, 0.05) is 12.6 Å². The fourth-order valence-electron chi connectivity index (χ4n) is 2.52. The number of aromatic nitrogens is 3. The molecule has 1 aromatic rings. The van der Waals surface area contributed by atoms with Crippen molar-refractivity contribution in [1.29, 1.82) is 0 Å². The van der Waals surface area contributed by atoms with Crippen LogP contribution in [0.3, 0.4) is 0 Å². The average molecular weight is 377 g/mol. The minimum absolute atomic E-state index is 0.143. The molecule has 154 valence electrons. The van der Waals surface area contributed by atoms with E-state index in [4.69, 9.17) is 0 Å². The molecule has 1 atom stereocenters. The van der Waals surface area contributed by atoms with Gasteiger partial charge >= 0.3 is 6.03 Å². The lowest BCUT2D eigenvalue weighted by molar-refractivity contribution is 0.168. The van der Waals surface area contributed by atoms with Crippen LogP contribution in [0.15, 0.2) is 48.3 Å². The molecule has 5 heteroatoms. The van der Waals surface area contributed by atoms with Gasteiger partial charge in [-0.25, -0.2) is 4.79 Å². The maximum Gasteiger partial charge on any atom is 0.362 e. The van der Waals surface area contributed by atoms with Gasteiger partial charge in [0.25, 0.3) is 0 Å². The Hall–Kier alpha value is -2.17. The van der Waals surface area contributed by atoms with Crippen molar-refractivity contribution >= 4 is 6.03 Å². The van der Waals surface area contributed by atoms with Crippen molar-refractivity contribution < 1.29 is 4.79 Å². The summed E-state index contributed by atoms with van der Waals surface area (Å²) in [5.41, 5.74) is 1.22. The summed E-state index contributed by atoms with van der Waals surface area (Å²) in [6.45, 7) is 16.8. The standard InChI is InChI=1S/C18H28N4O.2C2H6/c1-5-9-10-12-16(7-3)15-17(11-6-2)21(8-4)18(23)22-19-13-14-20-22;2*1-2/h5,7,9-10,12-14,17H,6,8,11,15H2,1-4H3;2*1-2H3/b9-5-,12-10-,16-7+;;. The predicted molar refractivity (Wildman–Crippen MR) is 117 cm³/mol. The van der Waals surface area contributed by atoms with Crippen LogP contribution in [-0.2, 0) is 0 Å². The number of hydrogen-bond acceptors (Lipinski definition) is 3. The second kappa shape index (κ2) is 18.6. The Morgan fingerprint density at radius 3 is 2.11 bits per heavy atom. The largest absolute Gasteiger partial charge is 0.362 e. The molecule has 0 fully saturated rings. The molecule has 0 bridgehead atoms. The third-order valence-corrected chi connectivity index (χ3v) is 3.69. The minimum Gasteiger partial charge on any atom is -0.319 e. The quantitative estimate of drug-likeness (QED) is 0.503. The molecule has 0 aromatic carbocycles. The van der Waals surface area contributed by atoms with Crippen LogP contribution in [0.2, 0.25) is 0 Å². The molecule has 0 saturated carbocycles. The van der Waals surface area contributed by atoms with Gasteiger partial charge in [-0.1, -0.05) is 81.8 Å². The second-order valence-electron chi connectivity index (χ2n) is 5.28. The lowest BCUT2D eigenvalue weighted by Gasteiger charge is -2.30. The fourth-order valence-corrected chi connectivity index (χ4v) is 2.52. The van der Waals surface area contributed by atoms with E-state index in [-0.39, 0.29) is 12.1 Å². The molecule has 0 aliphatic carbocycles. The molecule has 27 heavy (non-hydrogen) atoms. The Morgan fingerprint density at radius 2 is 1.67 bits per heavy atom. The summed E-state index contributed by atoms with van der Waals surface area (Å²) >= 11 is 0. The average Bonchev–Trinajstić information content (AvgIpc) is 3.25. The summed E-state index contributed by atoms with van der Waals surface area (Å²) < 4.78 is 0. The Morgan fingerprint density at radius 1 is 1.07 bits per heavy atom. The third-order valence-electron chi connectivity index (χ3n) is 3.69. The van der Waals surface area contributed by atoms with Crippen LogP contribution in [-0.4, -0.2) is 38.5 Å². The van der Waals surface area contributed by atoms with Crippen molar-refractivity contribution in [1.82, 2.24) is 19.9 Å². The molecule has 1 amide bonds. The molecule has 1 heterocycles. The van der Waals surface area contributed by atoms with E-state index in [0.717, 1.165) is 24.1 Å². The molecule has 1 aromatic heterocycles. The zero-order valence-corrected chi connectivity index (χ0v) is 18.6. The molecule has 0 aliphatic heterocycles. The van der Waals surface area contributed by atoms with Gasteiger partial charge in [0.2, 0.25) is 0 Å². The van der Waals surface area contributed by atoms with Gasteiger partial charge in [-0.05, 0) is 33.6 Å². The van der Waals surface area contributed by atoms with Gasteiger partial charge in [-0.2, -0.15) is 10.2 Å². The Balaban J connectivity index is 0. The molecule has 0 radical (unpaired) electrons. The van der Waals surface area contributed by atoms with Gasteiger partial charge in [-0.3, -0.25) is 0 Å². The highest BCUT2D eigenvalue weighted by atomic mass is 16.2. The summed E-state index contributed by atoms with van der Waals surface area (Å²) in [7, 11) is 0. The molecule has 5 nitrogen and oxygen atoms in total. The molecule has 0 spiro atoms. The first-order chi connectivity index (χ1) is 13.2. The molecule has 0 N–H and O–H groups in total. The zero-order chi connectivity index (χ0) is 21.1. The number of nitrogens with zero attached hydrogens (tertiary/aromatic N) is 4. The number of allylic oxidation sites excluding steroid dienone is 5. The highest BCUT2D eigenvalue weighted by Gasteiger charge is 2.24. The van der Waals surface area contributed by atoms with Gasteiger partial charge in [0.05, 0.1) is 12.4 Å². The van der Waals surface area contributed by atoms with Crippen LogP contribution >= 0.6 is 0 Å². The Bertz CT molecular complexity index is 545. The van der Waals surface area contributed by atoms with E-state index >= 15 is 0 Å². The number of amides is 1. The van der Waals surface area contributed by atoms with Crippen LogP contribution < -0.4 is 0 Å². The van der Waals surface area contributed by atoms with E-state index in [1.165, 1.54) is 18.0 Å². The summed E-state index contributed by atoms with van der Waals surface area (Å²) in [6.07, 6.45) is 16.1. The third kappa shape index (κ3) is 10.5. The maximum atomic E-state index is 12.6. The highest BCUT2D eigenvalue weighted by Crippen LogP contribution is 2.18. The zero-order valence-electron chi connectivity index (χ0n) is 18.6. The van der Waals surface area contributed by atoms with E-state index in [1.807, 2.05) is 71.6 Å². The lowest BCUT2D eigenvalue weighted by atomic mass is 10.00. The molecular weight excluding hydrogens is 336 g/mol. The van der Waals surface area contributed by atoms with Crippen molar-refractivity contribution in [2.24, 2.45) is 0 Å². The summed E-state index contributed by atoms with van der Waals surface area (Å²) in [5, 5.41) is 7.93. The number of hydrogen-bond donors (Lipinski definition) is 0. The van der Waals surface area contributed by atoms with E-state index < -0.39 is 0 Å². The van der Waals surface area contributed by atoms with Crippen molar-refractivity contribution in [3.05, 3.63) is 48.3 Å². The van der Waals surface area contributed by atoms with Crippen molar-refractivity contribution in [2.75, 3.05) is 6.54 Å². The summed E-state index contributed by atoms with van der Waals surface area (Å²) in [4.78, 5) is 15.6. The molecular formula is C22H40N4O. The number of rotatable bonds is 8. The molecule has 1 rings (SSSR count). The number of carbonyl (C=O) groups excluding carboxylic acids is 1. The summed E-state index contributed by atoms with van der Waals surface area (Å²) in [6, 6.07) is -0.0196. The van der Waals surface area contributed by atoms with Crippen LogP contribution in [0, 0.1) is 0 Å². The van der Waals surface area contributed by atoms with Crippen LogP contribution in [0.4, 0.5) is 4.79 Å². The molecule has 0 aliphatic rings. The lowest BCUT2D eigenvalue weighted by Crippen LogP contribution is -2.43. The van der Waals surface area contributed by atoms with Crippen molar-refractivity contribution in [3.63, 3.8) is 0 Å². The topological polar surface area (TPSA) is 51.0 Å². The molecule has 0 saturated heterocycles. The van der Waals surface area contributed by atoms with Crippen LogP contribution in [0.25, 0.3) is 0 Å². The van der Waals surface area contributed by atoms with Crippen molar-refractivity contribution in [3.8, 4) is 0 Å². The Labute approximate surface area is 166 Å². The van der Waals surface area contributed by atoms with Crippen LogP contribution in [0.1, 0.15) is 74.7 Å². The SMILES string of the molecule is CC.CC.C\C=C/C=C\C(=C/C)CC(CCC)N(CC)C(=O)n1nccn1. The minimum atomic E-state index is -0.163. The first-order valence-corrected chi connectivity index (χ1v) is 10.3. The first kappa shape index (κ1) is 27.1. The van der Waals surface area contributed by atoms with E-state index in [2.05, 4.69) is 29.3 Å². The second-order valence-corrected chi connectivity index (χ2v) is 5.28. The maximum absolute atomic E-state index is 12.6. The fraction of sp³-hybridized carbons (Fsp3) is 0.591. The van der Waals surface area contributed by atoms with Gasteiger partial charge in [-0.15, -0.1) is 0 Å². The van der Waals surface area contributed by atoms with Gasteiger partial charge in [0.1, 0.15) is 0 Å². The highest BCUT2D eigenvalue weighted by molar-refractivity contribution is 5.75. The van der Waals surface area contributed by atoms with Gasteiger partial charge < -0.3 is 4.90 Å². The van der Waals surface area contributed by atoms with E-state index in [1.54, 1.807) is 0 Å².